The monoisotopic (exact) mass is 372 g/mol. The molecule has 0 radical (unpaired) electrons. The van der Waals surface area contributed by atoms with Crippen molar-refractivity contribution in [2.45, 2.75) is 17.3 Å². The van der Waals surface area contributed by atoms with E-state index in [9.17, 15) is 4.79 Å². The van der Waals surface area contributed by atoms with Gasteiger partial charge in [0.1, 0.15) is 0 Å². The molecular formula is C18H17ClN4OS. The summed E-state index contributed by atoms with van der Waals surface area (Å²) in [5.41, 5.74) is 1.66. The molecular weight excluding hydrogens is 356 g/mol. The first-order valence-corrected chi connectivity index (χ1v) is 8.98. The van der Waals surface area contributed by atoms with Gasteiger partial charge in [-0.3, -0.25) is 4.79 Å². The van der Waals surface area contributed by atoms with Crippen LogP contribution in [0.5, 0.6) is 0 Å². The molecule has 0 spiro atoms. The van der Waals surface area contributed by atoms with Crippen LogP contribution in [0.1, 0.15) is 6.92 Å². The van der Waals surface area contributed by atoms with Crippen LogP contribution < -0.4 is 5.32 Å². The van der Waals surface area contributed by atoms with Crippen LogP contribution in [0.3, 0.4) is 0 Å². The zero-order valence-electron chi connectivity index (χ0n) is 13.8. The van der Waals surface area contributed by atoms with Crippen LogP contribution in [0.25, 0.3) is 11.4 Å². The van der Waals surface area contributed by atoms with Gasteiger partial charge in [0.15, 0.2) is 11.0 Å². The molecule has 0 aliphatic rings. The quantitative estimate of drug-likeness (QED) is 0.680. The number of hydrogen-bond acceptors (Lipinski definition) is 4. The molecule has 1 aromatic heterocycles. The summed E-state index contributed by atoms with van der Waals surface area (Å²) in [6.07, 6.45) is 0. The molecule has 1 atom stereocenters. The maximum absolute atomic E-state index is 12.4. The van der Waals surface area contributed by atoms with Crippen molar-refractivity contribution < 1.29 is 4.79 Å². The first kappa shape index (κ1) is 17.5. The zero-order valence-corrected chi connectivity index (χ0v) is 15.4. The fourth-order valence-electron chi connectivity index (χ4n) is 2.28. The van der Waals surface area contributed by atoms with Gasteiger partial charge in [-0.05, 0) is 25.1 Å². The molecule has 1 amide bonds. The number of amides is 1. The molecule has 128 valence electrons. The normalized spacial score (nSPS) is 12.0. The fourth-order valence-corrected chi connectivity index (χ4v) is 3.28. The van der Waals surface area contributed by atoms with Gasteiger partial charge >= 0.3 is 0 Å². The predicted octanol–water partition coefficient (Wildman–Crippen LogP) is 4.25. The van der Waals surface area contributed by atoms with Crippen LogP contribution >= 0.6 is 23.4 Å². The second-order valence-corrected chi connectivity index (χ2v) is 7.24. The Bertz CT molecular complexity index is 882. The Morgan fingerprint density at radius 3 is 2.64 bits per heavy atom. The average Bonchev–Trinajstić information content (AvgIpc) is 2.96. The highest BCUT2D eigenvalue weighted by atomic mass is 35.5. The van der Waals surface area contributed by atoms with Crippen LogP contribution in [0.15, 0.2) is 59.8 Å². The molecule has 3 aromatic rings. The topological polar surface area (TPSA) is 59.8 Å². The predicted molar refractivity (Wildman–Crippen MR) is 102 cm³/mol. The zero-order chi connectivity index (χ0) is 17.8. The molecule has 0 aliphatic heterocycles. The summed E-state index contributed by atoms with van der Waals surface area (Å²) >= 11 is 7.30. The SMILES string of the molecule is C[C@@H](Sc1nnc(-c2ccccc2)n1C)C(=O)Nc1cccc(Cl)c1. The minimum absolute atomic E-state index is 0.114. The summed E-state index contributed by atoms with van der Waals surface area (Å²) in [4.78, 5) is 12.4. The lowest BCUT2D eigenvalue weighted by Crippen LogP contribution is -2.22. The Morgan fingerprint density at radius 1 is 1.16 bits per heavy atom. The number of halogens is 1. The Balaban J connectivity index is 1.70. The van der Waals surface area contributed by atoms with E-state index in [0.29, 0.717) is 15.9 Å². The smallest absolute Gasteiger partial charge is 0.237 e. The highest BCUT2D eigenvalue weighted by Gasteiger charge is 2.19. The largest absolute Gasteiger partial charge is 0.325 e. The van der Waals surface area contributed by atoms with Gasteiger partial charge in [-0.1, -0.05) is 59.8 Å². The number of carbonyl (C=O) groups excluding carboxylic acids is 1. The number of rotatable bonds is 5. The number of anilines is 1. The fraction of sp³-hybridized carbons (Fsp3) is 0.167. The summed E-state index contributed by atoms with van der Waals surface area (Å²) < 4.78 is 1.89. The highest BCUT2D eigenvalue weighted by molar-refractivity contribution is 8.00. The molecule has 1 N–H and O–H groups in total. The number of thioether (sulfide) groups is 1. The minimum atomic E-state index is -0.328. The molecule has 1 heterocycles. The average molecular weight is 373 g/mol. The van der Waals surface area contributed by atoms with Crippen molar-refractivity contribution in [1.29, 1.82) is 0 Å². The Morgan fingerprint density at radius 2 is 1.92 bits per heavy atom. The molecule has 7 heteroatoms. The molecule has 0 fully saturated rings. The maximum atomic E-state index is 12.4. The van der Waals surface area contributed by atoms with Crippen LogP contribution in [-0.2, 0) is 11.8 Å². The van der Waals surface area contributed by atoms with Gasteiger partial charge in [0, 0.05) is 23.3 Å². The lowest BCUT2D eigenvalue weighted by atomic mass is 10.2. The molecule has 0 saturated heterocycles. The number of nitrogens with one attached hydrogen (secondary N) is 1. The van der Waals surface area contributed by atoms with Crippen molar-refractivity contribution in [2.75, 3.05) is 5.32 Å². The van der Waals surface area contributed by atoms with Crippen molar-refractivity contribution in [1.82, 2.24) is 14.8 Å². The molecule has 25 heavy (non-hydrogen) atoms. The van der Waals surface area contributed by atoms with Crippen molar-refractivity contribution in [3.63, 3.8) is 0 Å². The number of hydrogen-bond donors (Lipinski definition) is 1. The number of aromatic nitrogens is 3. The van der Waals surface area contributed by atoms with Crippen LogP contribution in [0, 0.1) is 0 Å². The van der Waals surface area contributed by atoms with E-state index in [2.05, 4.69) is 15.5 Å². The van der Waals surface area contributed by atoms with E-state index in [0.717, 1.165) is 11.4 Å². The lowest BCUT2D eigenvalue weighted by molar-refractivity contribution is -0.115. The van der Waals surface area contributed by atoms with E-state index in [1.165, 1.54) is 11.8 Å². The molecule has 0 unspecified atom stereocenters. The van der Waals surface area contributed by atoms with Gasteiger partial charge in [0.05, 0.1) is 5.25 Å². The third kappa shape index (κ3) is 4.21. The highest BCUT2D eigenvalue weighted by Crippen LogP contribution is 2.26. The summed E-state index contributed by atoms with van der Waals surface area (Å²) in [6, 6.07) is 16.9. The summed E-state index contributed by atoms with van der Waals surface area (Å²) in [5, 5.41) is 12.2. The molecule has 2 aromatic carbocycles. The Labute approximate surface area is 155 Å². The van der Waals surface area contributed by atoms with Crippen LogP contribution in [-0.4, -0.2) is 25.9 Å². The molecule has 0 bridgehead atoms. The van der Waals surface area contributed by atoms with Crippen molar-refractivity contribution in [3.05, 3.63) is 59.6 Å². The van der Waals surface area contributed by atoms with E-state index in [4.69, 9.17) is 11.6 Å². The molecule has 0 aliphatic carbocycles. The van der Waals surface area contributed by atoms with Crippen molar-refractivity contribution >= 4 is 35.0 Å². The molecule has 5 nitrogen and oxygen atoms in total. The van der Waals surface area contributed by atoms with Gasteiger partial charge in [-0.25, -0.2) is 0 Å². The second-order valence-electron chi connectivity index (χ2n) is 5.49. The van der Waals surface area contributed by atoms with E-state index in [1.54, 1.807) is 24.3 Å². The van der Waals surface area contributed by atoms with E-state index in [-0.39, 0.29) is 11.2 Å². The van der Waals surface area contributed by atoms with Crippen LogP contribution in [0.4, 0.5) is 5.69 Å². The van der Waals surface area contributed by atoms with Gasteiger partial charge in [-0.2, -0.15) is 0 Å². The Kier molecular flexibility index (Phi) is 5.40. The first-order chi connectivity index (χ1) is 12.0. The van der Waals surface area contributed by atoms with E-state index in [1.807, 2.05) is 48.9 Å². The summed E-state index contributed by atoms with van der Waals surface area (Å²) in [7, 11) is 1.90. The van der Waals surface area contributed by atoms with Crippen molar-refractivity contribution in [3.8, 4) is 11.4 Å². The third-order valence-electron chi connectivity index (χ3n) is 3.61. The third-order valence-corrected chi connectivity index (χ3v) is 4.98. The molecule has 0 saturated carbocycles. The summed E-state index contributed by atoms with van der Waals surface area (Å²) in [5.74, 6) is 0.655. The summed E-state index contributed by atoms with van der Waals surface area (Å²) in [6.45, 7) is 1.83. The van der Waals surface area contributed by atoms with Gasteiger partial charge in [0.2, 0.25) is 5.91 Å². The number of carbonyl (C=O) groups is 1. The standard InChI is InChI=1S/C18H17ClN4OS/c1-12(17(24)20-15-10-6-9-14(19)11-15)25-18-22-21-16(23(18)2)13-7-4-3-5-8-13/h3-12H,1-2H3,(H,20,24)/t12-/m1/s1. The van der Waals surface area contributed by atoms with Gasteiger partial charge in [-0.15, -0.1) is 10.2 Å². The van der Waals surface area contributed by atoms with Gasteiger partial charge < -0.3 is 9.88 Å². The second kappa shape index (κ2) is 7.72. The Hall–Kier alpha value is -2.31. The van der Waals surface area contributed by atoms with Crippen LogP contribution in [0.2, 0.25) is 5.02 Å². The first-order valence-electron chi connectivity index (χ1n) is 7.72. The van der Waals surface area contributed by atoms with E-state index < -0.39 is 0 Å². The van der Waals surface area contributed by atoms with Crippen molar-refractivity contribution in [2.24, 2.45) is 7.05 Å². The maximum Gasteiger partial charge on any atom is 0.237 e. The minimum Gasteiger partial charge on any atom is -0.325 e. The molecule has 3 rings (SSSR count). The number of benzene rings is 2. The van der Waals surface area contributed by atoms with Gasteiger partial charge in [0.25, 0.3) is 0 Å². The lowest BCUT2D eigenvalue weighted by Gasteiger charge is -2.12. The van der Waals surface area contributed by atoms with E-state index >= 15 is 0 Å². The number of nitrogens with zero attached hydrogens (tertiary/aromatic N) is 3.